The Balaban J connectivity index is 4.60. The summed E-state index contributed by atoms with van der Waals surface area (Å²) in [4.78, 5) is 0. The number of hydrogen-bond donors (Lipinski definition) is 0. The van der Waals surface area contributed by atoms with Gasteiger partial charge >= 0.3 is 78.6 Å². The molecule has 0 radical (unpaired) electrons. The maximum absolute atomic E-state index is 5.41. The van der Waals surface area contributed by atoms with Crippen molar-refractivity contribution in [2.24, 2.45) is 5.92 Å². The van der Waals surface area contributed by atoms with Crippen LogP contribution in [0.15, 0.2) is 17.2 Å². The molecule has 0 fully saturated rings. The van der Waals surface area contributed by atoms with E-state index in [9.17, 15) is 0 Å². The van der Waals surface area contributed by atoms with E-state index in [2.05, 4.69) is 37.8 Å². The Morgan fingerprint density at radius 3 is 2.09 bits per heavy atom. The summed E-state index contributed by atoms with van der Waals surface area (Å²) in [6.45, 7) is 13.9. The van der Waals surface area contributed by atoms with Crippen LogP contribution in [-0.2, 0) is 17.0 Å². The molecule has 0 saturated carbocycles. The summed E-state index contributed by atoms with van der Waals surface area (Å²) in [5.41, 5.74) is 2.46. The summed E-state index contributed by atoms with van der Waals surface area (Å²) < 4.78 is 1.36. The van der Waals surface area contributed by atoms with Crippen molar-refractivity contribution >= 4 is 4.23 Å². The second-order valence-corrected chi connectivity index (χ2v) is 3.77. The Morgan fingerprint density at radius 2 is 1.82 bits per heavy atom. The van der Waals surface area contributed by atoms with Gasteiger partial charge in [0.05, 0.1) is 0 Å². The normalized spacial score (nSPS) is 12.7. The summed E-state index contributed by atoms with van der Waals surface area (Å²) >= 11 is 2.62. The van der Waals surface area contributed by atoms with Gasteiger partial charge in [-0.3, -0.25) is 0 Å². The molecular formula is C10H15V-. The number of allylic oxidation sites excluding steroid dienone is 3. The quantitative estimate of drug-likeness (QED) is 0.469. The molecule has 0 heterocycles. The molecule has 0 aromatic rings. The minimum absolute atomic E-state index is 0.588. The Morgan fingerprint density at radius 1 is 1.36 bits per heavy atom. The van der Waals surface area contributed by atoms with Crippen LogP contribution in [-0.4, -0.2) is 4.23 Å². The van der Waals surface area contributed by atoms with E-state index < -0.39 is 0 Å². The molecule has 0 amide bonds. The first-order valence-corrected chi connectivity index (χ1v) is 4.49. The van der Waals surface area contributed by atoms with Crippen LogP contribution in [0.4, 0.5) is 0 Å². The van der Waals surface area contributed by atoms with Crippen molar-refractivity contribution in [1.82, 2.24) is 0 Å². The van der Waals surface area contributed by atoms with Gasteiger partial charge in [0.25, 0.3) is 0 Å². The molecule has 61 valence electrons. The van der Waals surface area contributed by atoms with Crippen molar-refractivity contribution in [2.75, 3.05) is 0 Å². The Labute approximate surface area is 78.9 Å². The summed E-state index contributed by atoms with van der Waals surface area (Å²) in [6, 6.07) is 0. The summed E-state index contributed by atoms with van der Waals surface area (Å²) in [5.74, 6) is 0.588. The molecule has 0 aliphatic rings. The zero-order valence-electron chi connectivity index (χ0n) is 7.68. The van der Waals surface area contributed by atoms with E-state index >= 15 is 0 Å². The molecule has 0 spiro atoms. The van der Waals surface area contributed by atoms with Crippen LogP contribution in [0.25, 0.3) is 0 Å². The third-order valence-corrected chi connectivity index (χ3v) is 3.10. The molecule has 0 aliphatic heterocycles. The van der Waals surface area contributed by atoms with Gasteiger partial charge in [0.15, 0.2) is 0 Å². The molecule has 0 atom stereocenters. The third kappa shape index (κ3) is 3.22. The molecule has 0 rings (SSSR count). The SMILES string of the molecule is [CH-]=C/C(C)=C(/C)[C](=[V])C(C)C. The van der Waals surface area contributed by atoms with Crippen LogP contribution in [0.5, 0.6) is 0 Å². The predicted molar refractivity (Wildman–Crippen MR) is 47.1 cm³/mol. The second-order valence-electron chi connectivity index (χ2n) is 3.01. The van der Waals surface area contributed by atoms with Crippen LogP contribution < -0.4 is 0 Å². The fourth-order valence-corrected chi connectivity index (χ4v) is 1.04. The van der Waals surface area contributed by atoms with Crippen LogP contribution in [0, 0.1) is 12.5 Å². The van der Waals surface area contributed by atoms with E-state index in [0.717, 1.165) is 5.57 Å². The van der Waals surface area contributed by atoms with Crippen molar-refractivity contribution in [3.05, 3.63) is 23.8 Å². The van der Waals surface area contributed by atoms with Crippen molar-refractivity contribution in [3.63, 3.8) is 0 Å². The van der Waals surface area contributed by atoms with Gasteiger partial charge in [0.2, 0.25) is 0 Å². The first kappa shape index (κ1) is 10.9. The van der Waals surface area contributed by atoms with Gasteiger partial charge in [-0.2, -0.15) is 0 Å². The van der Waals surface area contributed by atoms with Crippen LogP contribution in [0.2, 0.25) is 0 Å². The topological polar surface area (TPSA) is 0 Å². The summed E-state index contributed by atoms with van der Waals surface area (Å²) in [5, 5.41) is 0. The fourth-order valence-electron chi connectivity index (χ4n) is 0.760. The molecule has 0 aliphatic carbocycles. The van der Waals surface area contributed by atoms with Crippen molar-refractivity contribution in [3.8, 4) is 0 Å². The van der Waals surface area contributed by atoms with Crippen LogP contribution in [0.3, 0.4) is 0 Å². The molecule has 0 aromatic heterocycles. The zero-order valence-corrected chi connectivity index (χ0v) is 9.08. The second kappa shape index (κ2) is 4.74. The first-order valence-electron chi connectivity index (χ1n) is 3.79. The van der Waals surface area contributed by atoms with Crippen molar-refractivity contribution in [1.29, 1.82) is 0 Å². The zero-order chi connectivity index (χ0) is 9.02. The first-order chi connectivity index (χ1) is 5.00. The molecule has 1 heteroatoms. The fraction of sp³-hybridized carbons (Fsp3) is 0.500. The van der Waals surface area contributed by atoms with Gasteiger partial charge < -0.3 is 0 Å². The van der Waals surface area contributed by atoms with E-state index in [4.69, 9.17) is 6.58 Å². The van der Waals surface area contributed by atoms with Gasteiger partial charge in [-0.25, -0.2) is 0 Å². The van der Waals surface area contributed by atoms with E-state index in [1.165, 1.54) is 9.80 Å². The Kier molecular flexibility index (Phi) is 4.71. The van der Waals surface area contributed by atoms with Crippen molar-refractivity contribution in [2.45, 2.75) is 27.7 Å². The van der Waals surface area contributed by atoms with Gasteiger partial charge in [0, 0.05) is 0 Å². The number of hydrogen-bond acceptors (Lipinski definition) is 0. The monoisotopic (exact) mass is 186 g/mol. The van der Waals surface area contributed by atoms with E-state index in [-0.39, 0.29) is 0 Å². The summed E-state index contributed by atoms with van der Waals surface area (Å²) in [6.07, 6.45) is 1.66. The molecule has 0 saturated heterocycles. The maximum atomic E-state index is 5.41. The van der Waals surface area contributed by atoms with E-state index in [1.807, 2.05) is 6.92 Å². The molecule has 0 unspecified atom stereocenters. The van der Waals surface area contributed by atoms with Gasteiger partial charge in [0.1, 0.15) is 0 Å². The van der Waals surface area contributed by atoms with Crippen LogP contribution >= 0.6 is 0 Å². The molecule has 0 nitrogen and oxygen atoms in total. The van der Waals surface area contributed by atoms with Crippen molar-refractivity contribution < 1.29 is 17.0 Å². The van der Waals surface area contributed by atoms with Crippen LogP contribution in [0.1, 0.15) is 27.7 Å². The average Bonchev–Trinajstić information content (AvgIpc) is 2.00. The molecule has 0 aromatic carbocycles. The van der Waals surface area contributed by atoms with Gasteiger partial charge in [-0.15, -0.1) is 0 Å². The Hall–Kier alpha value is -0.0656. The predicted octanol–water partition coefficient (Wildman–Crippen LogP) is 2.69. The standard InChI is InChI=1S/C10H15.V/c1-6-9(4)10(5)7-8(2)3;/h1,6,8H,2-5H3;/q-1;/b10-9-;. The molecule has 0 bridgehead atoms. The molecule has 11 heavy (non-hydrogen) atoms. The number of rotatable bonds is 3. The third-order valence-electron chi connectivity index (χ3n) is 1.77. The molecular weight excluding hydrogens is 171 g/mol. The van der Waals surface area contributed by atoms with E-state index in [0.29, 0.717) is 5.92 Å². The van der Waals surface area contributed by atoms with Gasteiger partial charge in [-0.1, -0.05) is 0 Å². The molecule has 0 N–H and O–H groups in total. The van der Waals surface area contributed by atoms with E-state index in [1.54, 1.807) is 6.08 Å². The Bertz CT molecular complexity index is 197. The average molecular weight is 186 g/mol. The summed E-state index contributed by atoms with van der Waals surface area (Å²) in [7, 11) is 0. The van der Waals surface area contributed by atoms with Gasteiger partial charge in [-0.05, 0) is 0 Å². The minimum atomic E-state index is 0.588.